The van der Waals surface area contributed by atoms with E-state index >= 15 is 0 Å². The zero-order valence-corrected chi connectivity index (χ0v) is 21.2. The Morgan fingerprint density at radius 1 is 0.919 bits per heavy atom. The van der Waals surface area contributed by atoms with Gasteiger partial charge in [-0.15, -0.1) is 0 Å². The van der Waals surface area contributed by atoms with E-state index in [0.717, 1.165) is 25.9 Å². The molecule has 0 bridgehead atoms. The topological polar surface area (TPSA) is 125 Å². The molecule has 1 unspecified atom stereocenters. The van der Waals surface area contributed by atoms with E-state index in [-0.39, 0.29) is 18.1 Å². The van der Waals surface area contributed by atoms with Crippen LogP contribution in [0.2, 0.25) is 0 Å². The summed E-state index contributed by atoms with van der Waals surface area (Å²) in [6.07, 6.45) is 2.06. The summed E-state index contributed by atoms with van der Waals surface area (Å²) in [5.74, 6) is -1.34. The van der Waals surface area contributed by atoms with Crippen molar-refractivity contribution in [2.75, 3.05) is 18.4 Å². The lowest BCUT2D eigenvalue weighted by Crippen LogP contribution is -2.42. The van der Waals surface area contributed by atoms with Crippen molar-refractivity contribution in [1.82, 2.24) is 10.0 Å². The number of carbonyl (C=O) groups is 2. The van der Waals surface area contributed by atoms with Crippen molar-refractivity contribution in [3.05, 3.63) is 101 Å². The molecule has 194 valence electrons. The molecule has 4 rings (SSSR count). The minimum Gasteiger partial charge on any atom is -0.480 e. The van der Waals surface area contributed by atoms with Gasteiger partial charge in [0.25, 0.3) is 5.91 Å². The average Bonchev–Trinajstić information content (AvgIpc) is 2.90. The summed E-state index contributed by atoms with van der Waals surface area (Å²) in [4.78, 5) is 24.6. The van der Waals surface area contributed by atoms with Crippen LogP contribution in [0.1, 0.15) is 45.8 Å². The highest BCUT2D eigenvalue weighted by molar-refractivity contribution is 7.88. The molecule has 0 saturated carbocycles. The molecule has 1 aliphatic rings. The Labute approximate surface area is 217 Å². The van der Waals surface area contributed by atoms with Gasteiger partial charge >= 0.3 is 5.97 Å². The van der Waals surface area contributed by atoms with Gasteiger partial charge < -0.3 is 15.7 Å². The van der Waals surface area contributed by atoms with Crippen LogP contribution in [-0.2, 0) is 27.0 Å². The van der Waals surface area contributed by atoms with Crippen LogP contribution in [0, 0.1) is 0 Å². The Balaban J connectivity index is 1.37. The quantitative estimate of drug-likeness (QED) is 0.324. The zero-order valence-electron chi connectivity index (χ0n) is 20.4. The van der Waals surface area contributed by atoms with Crippen LogP contribution in [-0.4, -0.2) is 44.5 Å². The summed E-state index contributed by atoms with van der Waals surface area (Å²) in [6, 6.07) is 21.7. The van der Waals surface area contributed by atoms with E-state index < -0.39 is 22.0 Å². The molecule has 0 aromatic heterocycles. The number of carbonyl (C=O) groups excluding carboxylic acids is 1. The molecule has 1 saturated heterocycles. The predicted octanol–water partition coefficient (Wildman–Crippen LogP) is 3.52. The molecule has 1 aliphatic heterocycles. The van der Waals surface area contributed by atoms with Gasteiger partial charge in [0.1, 0.15) is 6.04 Å². The van der Waals surface area contributed by atoms with E-state index in [4.69, 9.17) is 0 Å². The number of benzene rings is 3. The molecule has 3 aromatic carbocycles. The first-order valence-electron chi connectivity index (χ1n) is 12.3. The molecule has 8 nitrogen and oxygen atoms in total. The molecule has 0 spiro atoms. The van der Waals surface area contributed by atoms with Crippen LogP contribution in [0.15, 0.2) is 78.9 Å². The maximum Gasteiger partial charge on any atom is 0.322 e. The summed E-state index contributed by atoms with van der Waals surface area (Å²) >= 11 is 0. The number of hydrogen-bond donors (Lipinski definition) is 4. The smallest absolute Gasteiger partial charge is 0.322 e. The summed E-state index contributed by atoms with van der Waals surface area (Å²) in [6.45, 7) is 1.95. The predicted molar refractivity (Wildman–Crippen MR) is 143 cm³/mol. The van der Waals surface area contributed by atoms with Crippen molar-refractivity contribution in [2.45, 2.75) is 37.0 Å². The van der Waals surface area contributed by atoms with E-state index in [1.54, 1.807) is 60.7 Å². The Morgan fingerprint density at radius 3 is 2.30 bits per heavy atom. The van der Waals surface area contributed by atoms with Crippen molar-refractivity contribution in [2.24, 2.45) is 0 Å². The number of nitrogens with one attached hydrogen (secondary N) is 3. The number of hydrogen-bond acceptors (Lipinski definition) is 5. The van der Waals surface area contributed by atoms with Crippen LogP contribution in [0.4, 0.5) is 5.69 Å². The third-order valence-corrected chi connectivity index (χ3v) is 7.79. The number of carboxylic acids is 1. The molecule has 1 amide bonds. The lowest BCUT2D eigenvalue weighted by atomic mass is 9.89. The molecular weight excluding hydrogens is 490 g/mol. The van der Waals surface area contributed by atoms with Gasteiger partial charge in [0.05, 0.1) is 5.75 Å². The minimum absolute atomic E-state index is 0.0319. The largest absolute Gasteiger partial charge is 0.480 e. The normalized spacial score (nSPS) is 15.1. The number of rotatable bonds is 10. The summed E-state index contributed by atoms with van der Waals surface area (Å²) in [5, 5.41) is 15.8. The standard InChI is InChI=1S/C28H31N3O5S/c32-27(24-8-4-7-23(18-24)22-13-15-29-16-14-22)30-25-11-9-20(10-12-25)17-26(28(33)34)31-37(35,36)19-21-5-2-1-3-6-21/h1-12,18,22,26,29,31H,13-17,19H2,(H,30,32)(H,33,34). The van der Waals surface area contributed by atoms with Gasteiger partial charge in [0.2, 0.25) is 10.0 Å². The van der Waals surface area contributed by atoms with Gasteiger partial charge in [-0.3, -0.25) is 9.59 Å². The van der Waals surface area contributed by atoms with Crippen LogP contribution in [0.5, 0.6) is 0 Å². The van der Waals surface area contributed by atoms with Crippen LogP contribution < -0.4 is 15.4 Å². The first kappa shape index (κ1) is 26.5. The first-order valence-corrected chi connectivity index (χ1v) is 13.9. The lowest BCUT2D eigenvalue weighted by molar-refractivity contribution is -0.138. The summed E-state index contributed by atoms with van der Waals surface area (Å²) in [5.41, 5.74) is 3.51. The summed E-state index contributed by atoms with van der Waals surface area (Å²) < 4.78 is 27.3. The van der Waals surface area contributed by atoms with Gasteiger partial charge in [-0.05, 0) is 79.2 Å². The van der Waals surface area contributed by atoms with Crippen LogP contribution in [0.25, 0.3) is 0 Å². The van der Waals surface area contributed by atoms with Gasteiger partial charge in [-0.25, -0.2) is 13.1 Å². The molecule has 1 fully saturated rings. The second-order valence-electron chi connectivity index (χ2n) is 9.26. The molecule has 0 radical (unpaired) electrons. The third kappa shape index (κ3) is 7.72. The van der Waals surface area contributed by atoms with Gasteiger partial charge in [-0.2, -0.15) is 0 Å². The van der Waals surface area contributed by atoms with Gasteiger partial charge in [-0.1, -0.05) is 54.6 Å². The molecule has 0 aliphatic carbocycles. The average molecular weight is 522 g/mol. The monoisotopic (exact) mass is 521 g/mol. The highest BCUT2D eigenvalue weighted by atomic mass is 32.2. The maximum atomic E-state index is 12.8. The van der Waals surface area contributed by atoms with Gasteiger partial charge in [0, 0.05) is 11.3 Å². The summed E-state index contributed by atoms with van der Waals surface area (Å²) in [7, 11) is -3.86. The minimum atomic E-state index is -3.86. The number of piperidine rings is 1. The number of anilines is 1. The van der Waals surface area contributed by atoms with Gasteiger partial charge in [0.15, 0.2) is 0 Å². The second-order valence-corrected chi connectivity index (χ2v) is 11.0. The van der Waals surface area contributed by atoms with E-state index in [2.05, 4.69) is 21.4 Å². The first-order chi connectivity index (χ1) is 17.8. The fourth-order valence-corrected chi connectivity index (χ4v) is 5.82. The fourth-order valence-electron chi connectivity index (χ4n) is 4.48. The van der Waals surface area contributed by atoms with Crippen molar-refractivity contribution in [3.63, 3.8) is 0 Å². The van der Waals surface area contributed by atoms with Crippen molar-refractivity contribution >= 4 is 27.6 Å². The molecule has 1 atom stereocenters. The highest BCUT2D eigenvalue weighted by Gasteiger charge is 2.25. The van der Waals surface area contributed by atoms with Crippen molar-refractivity contribution in [1.29, 1.82) is 0 Å². The molecule has 9 heteroatoms. The van der Waals surface area contributed by atoms with Crippen molar-refractivity contribution < 1.29 is 23.1 Å². The zero-order chi connectivity index (χ0) is 26.3. The van der Waals surface area contributed by atoms with E-state index in [1.165, 1.54) is 5.56 Å². The highest BCUT2D eigenvalue weighted by Crippen LogP contribution is 2.26. The Morgan fingerprint density at radius 2 is 1.62 bits per heavy atom. The van der Waals surface area contributed by atoms with Crippen molar-refractivity contribution in [3.8, 4) is 0 Å². The van der Waals surface area contributed by atoms with E-state index in [0.29, 0.717) is 28.3 Å². The van der Waals surface area contributed by atoms with E-state index in [9.17, 15) is 23.1 Å². The fraction of sp³-hybridized carbons (Fsp3) is 0.286. The molecule has 37 heavy (non-hydrogen) atoms. The molecule has 4 N–H and O–H groups in total. The number of sulfonamides is 1. The molecule has 1 heterocycles. The van der Waals surface area contributed by atoms with Crippen LogP contribution in [0.3, 0.4) is 0 Å². The Kier molecular flexibility index (Phi) is 8.70. The van der Waals surface area contributed by atoms with Crippen LogP contribution >= 0.6 is 0 Å². The molecule has 3 aromatic rings. The second kappa shape index (κ2) is 12.1. The number of aliphatic carboxylic acids is 1. The molecular formula is C28H31N3O5S. The van der Waals surface area contributed by atoms with E-state index in [1.807, 2.05) is 12.1 Å². The number of amides is 1. The SMILES string of the molecule is O=C(Nc1ccc(CC(NS(=O)(=O)Cc2ccccc2)C(=O)O)cc1)c1cccc(C2CCNCC2)c1. The third-order valence-electron chi connectivity index (χ3n) is 6.43. The number of carboxylic acid groups (broad SMARTS) is 1. The Hall–Kier alpha value is -3.53. The lowest BCUT2D eigenvalue weighted by Gasteiger charge is -2.23. The maximum absolute atomic E-state index is 12.8. The Bertz CT molecular complexity index is 1320.